The van der Waals surface area contributed by atoms with Crippen LogP contribution in [0.15, 0.2) is 170 Å². The number of anilines is 4. The van der Waals surface area contributed by atoms with Gasteiger partial charge in [-0.25, -0.2) is 0 Å². The molecule has 3 atom stereocenters. The zero-order valence-electron chi connectivity index (χ0n) is 30.5. The largest absolute Gasteiger partial charge is 0.387 e. The van der Waals surface area contributed by atoms with Crippen molar-refractivity contribution in [2.45, 2.75) is 50.5 Å². The number of benzene rings is 5. The van der Waals surface area contributed by atoms with Gasteiger partial charge in [0.05, 0.1) is 6.04 Å². The summed E-state index contributed by atoms with van der Waals surface area (Å²) in [4.78, 5) is 5.05. The third-order valence-corrected chi connectivity index (χ3v) is 12.5. The van der Waals surface area contributed by atoms with Gasteiger partial charge in [-0.05, 0) is 142 Å². The summed E-state index contributed by atoms with van der Waals surface area (Å²) in [7, 11) is 0. The lowest BCUT2D eigenvalue weighted by atomic mass is 9.74. The number of hydrogen-bond acceptors (Lipinski definition) is 3. The molecule has 1 N–H and O–H groups in total. The molecule has 0 spiro atoms. The van der Waals surface area contributed by atoms with E-state index in [0.717, 1.165) is 19.4 Å². The Morgan fingerprint density at radius 3 is 2.42 bits per heavy atom. The third kappa shape index (κ3) is 5.32. The normalized spacial score (nSPS) is 21.7. The van der Waals surface area contributed by atoms with Crippen molar-refractivity contribution >= 4 is 33.9 Å². The zero-order valence-corrected chi connectivity index (χ0v) is 30.5. The topological polar surface area (TPSA) is 18.5 Å². The molecule has 0 radical (unpaired) electrons. The van der Waals surface area contributed by atoms with Gasteiger partial charge in [0.2, 0.25) is 0 Å². The summed E-state index contributed by atoms with van der Waals surface area (Å²) in [6.07, 6.45) is 19.2. The second-order valence-electron chi connectivity index (χ2n) is 15.8. The van der Waals surface area contributed by atoms with Gasteiger partial charge in [0, 0.05) is 40.9 Å². The van der Waals surface area contributed by atoms with E-state index in [1.807, 2.05) is 6.20 Å². The van der Waals surface area contributed by atoms with Crippen LogP contribution < -0.4 is 15.1 Å². The molecule has 2 heterocycles. The highest BCUT2D eigenvalue weighted by atomic mass is 15.2. The van der Waals surface area contributed by atoms with Crippen LogP contribution in [0, 0.1) is 5.92 Å². The molecule has 5 aliphatic rings. The van der Waals surface area contributed by atoms with Crippen LogP contribution >= 0.6 is 0 Å². The molecule has 0 amide bonds. The van der Waals surface area contributed by atoms with E-state index in [1.54, 1.807) is 0 Å². The van der Waals surface area contributed by atoms with E-state index in [0.29, 0.717) is 17.9 Å². The predicted molar refractivity (Wildman–Crippen MR) is 223 cm³/mol. The molecule has 3 heteroatoms. The number of rotatable bonds is 6. The number of nitrogens with one attached hydrogen (secondary N) is 1. The molecule has 3 aliphatic carbocycles. The van der Waals surface area contributed by atoms with Gasteiger partial charge in [0.1, 0.15) is 0 Å². The predicted octanol–water partition coefficient (Wildman–Crippen LogP) is 12.2. The van der Waals surface area contributed by atoms with Gasteiger partial charge >= 0.3 is 0 Å². The summed E-state index contributed by atoms with van der Waals surface area (Å²) in [6, 6.07) is 45.8. The average Bonchev–Trinajstić information content (AvgIpc) is 3.67. The minimum atomic E-state index is 0.0566. The van der Waals surface area contributed by atoms with Crippen LogP contribution in [-0.2, 0) is 5.41 Å². The molecule has 53 heavy (non-hydrogen) atoms. The van der Waals surface area contributed by atoms with Crippen LogP contribution in [0.2, 0.25) is 0 Å². The number of nitrogens with zero attached hydrogens (tertiary/aromatic N) is 2. The van der Waals surface area contributed by atoms with Crippen molar-refractivity contribution in [3.63, 3.8) is 0 Å². The summed E-state index contributed by atoms with van der Waals surface area (Å²) in [5, 5.41) is 3.40. The Hall–Kier alpha value is -5.80. The summed E-state index contributed by atoms with van der Waals surface area (Å²) >= 11 is 0. The number of para-hydroxylation sites is 1. The molecule has 0 fully saturated rings. The lowest BCUT2D eigenvalue weighted by Crippen LogP contribution is -2.29. The number of dihydropyridines is 1. The second-order valence-corrected chi connectivity index (χ2v) is 15.8. The van der Waals surface area contributed by atoms with Gasteiger partial charge < -0.3 is 15.1 Å². The highest BCUT2D eigenvalue weighted by Crippen LogP contribution is 2.55. The summed E-state index contributed by atoms with van der Waals surface area (Å²) in [5.41, 5.74) is 17.3. The van der Waals surface area contributed by atoms with Gasteiger partial charge in [0.15, 0.2) is 0 Å². The standard InChI is InChI=1S/C50H45N3/c1-50(2)46-19-8-6-17-42(46)43-27-26-41(32-47(43)50)52(40-16-10-12-35(30-40)37-13-11-29-51-33-37)39-24-21-34(22-25-39)36-23-28-49-45(31-36)44-18-7-9-20-48(44)53(49)38-14-4-3-5-15-38/h3-6,8-17,19-31,44,47-48,51H,7,18,32-33H2,1-2H3. The first-order valence-corrected chi connectivity index (χ1v) is 19.3. The first kappa shape index (κ1) is 31.9. The Labute approximate surface area is 314 Å². The summed E-state index contributed by atoms with van der Waals surface area (Å²) in [6.45, 7) is 5.69. The first-order valence-electron chi connectivity index (χ1n) is 19.3. The molecule has 3 unspecified atom stereocenters. The van der Waals surface area contributed by atoms with Crippen molar-refractivity contribution in [3.05, 3.63) is 192 Å². The molecule has 5 aromatic carbocycles. The Kier molecular flexibility index (Phi) is 7.65. The third-order valence-electron chi connectivity index (χ3n) is 12.5. The van der Waals surface area contributed by atoms with Crippen LogP contribution in [0.25, 0.3) is 22.3 Å². The van der Waals surface area contributed by atoms with Crippen molar-refractivity contribution in [1.29, 1.82) is 0 Å². The zero-order chi connectivity index (χ0) is 35.5. The average molecular weight is 688 g/mol. The van der Waals surface area contributed by atoms with Crippen LogP contribution in [-0.4, -0.2) is 12.6 Å². The molecule has 0 saturated heterocycles. The Morgan fingerprint density at radius 1 is 0.736 bits per heavy atom. The van der Waals surface area contributed by atoms with Crippen molar-refractivity contribution in [3.8, 4) is 11.1 Å². The maximum Gasteiger partial charge on any atom is 0.0591 e. The minimum absolute atomic E-state index is 0.0566. The lowest BCUT2D eigenvalue weighted by Gasteiger charge is -2.36. The monoisotopic (exact) mass is 687 g/mol. The molecule has 2 aliphatic heterocycles. The molecular formula is C50H45N3. The van der Waals surface area contributed by atoms with Gasteiger partial charge in [0.25, 0.3) is 0 Å². The van der Waals surface area contributed by atoms with Crippen LogP contribution in [0.4, 0.5) is 22.7 Å². The van der Waals surface area contributed by atoms with Crippen LogP contribution in [0.5, 0.6) is 0 Å². The van der Waals surface area contributed by atoms with E-state index in [4.69, 9.17) is 0 Å². The fourth-order valence-corrected chi connectivity index (χ4v) is 9.78. The quantitative estimate of drug-likeness (QED) is 0.179. The minimum Gasteiger partial charge on any atom is -0.387 e. The number of allylic oxidation sites excluding steroid dienone is 7. The molecule has 10 rings (SSSR count). The molecule has 0 aromatic heterocycles. The van der Waals surface area contributed by atoms with Gasteiger partial charge in [-0.2, -0.15) is 0 Å². The highest BCUT2D eigenvalue weighted by molar-refractivity contribution is 5.84. The van der Waals surface area contributed by atoms with E-state index in [-0.39, 0.29) is 5.41 Å². The highest BCUT2D eigenvalue weighted by Gasteiger charge is 2.44. The van der Waals surface area contributed by atoms with E-state index < -0.39 is 0 Å². The van der Waals surface area contributed by atoms with Gasteiger partial charge in [-0.15, -0.1) is 0 Å². The van der Waals surface area contributed by atoms with Gasteiger partial charge in [-0.3, -0.25) is 0 Å². The maximum absolute atomic E-state index is 3.40. The van der Waals surface area contributed by atoms with Crippen molar-refractivity contribution in [2.75, 3.05) is 16.3 Å². The lowest BCUT2D eigenvalue weighted by molar-refractivity contribution is 0.406. The smallest absolute Gasteiger partial charge is 0.0591 e. The Morgan fingerprint density at radius 2 is 1.57 bits per heavy atom. The maximum atomic E-state index is 3.40. The van der Waals surface area contributed by atoms with Crippen LogP contribution in [0.3, 0.4) is 0 Å². The van der Waals surface area contributed by atoms with E-state index >= 15 is 0 Å². The molecule has 0 bridgehead atoms. The van der Waals surface area contributed by atoms with Crippen LogP contribution in [0.1, 0.15) is 61.3 Å². The van der Waals surface area contributed by atoms with Crippen molar-refractivity contribution in [1.82, 2.24) is 5.32 Å². The Balaban J connectivity index is 1.03. The molecule has 3 nitrogen and oxygen atoms in total. The number of hydrogen-bond donors (Lipinski definition) is 1. The Bertz CT molecular complexity index is 2370. The molecule has 260 valence electrons. The summed E-state index contributed by atoms with van der Waals surface area (Å²) in [5.74, 6) is 0.921. The SMILES string of the molecule is CC1(C)c2ccccc2C2=CC=C(N(c3ccc(-c4ccc5c(c4)C4CCC=CC4N5c4ccccc4)cc3)c3cccc(C4=CC=CNC4)c3)CC21. The van der Waals surface area contributed by atoms with E-state index in [9.17, 15) is 0 Å². The first-order chi connectivity index (χ1) is 26.0. The molecular weight excluding hydrogens is 643 g/mol. The van der Waals surface area contributed by atoms with Crippen molar-refractivity contribution < 1.29 is 0 Å². The summed E-state index contributed by atoms with van der Waals surface area (Å²) < 4.78 is 0. The van der Waals surface area contributed by atoms with Crippen molar-refractivity contribution in [2.24, 2.45) is 5.92 Å². The van der Waals surface area contributed by atoms with Gasteiger partial charge in [-0.1, -0.05) is 111 Å². The van der Waals surface area contributed by atoms with E-state index in [1.165, 1.54) is 79.4 Å². The fraction of sp³-hybridized carbons (Fsp3) is 0.200. The van der Waals surface area contributed by atoms with E-state index in [2.05, 4.69) is 187 Å². The molecule has 0 saturated carbocycles. The number of fused-ring (bicyclic) bond motifs is 6. The fourth-order valence-electron chi connectivity index (χ4n) is 9.78. The molecule has 5 aromatic rings. The second kappa shape index (κ2) is 12.7.